The van der Waals surface area contributed by atoms with Gasteiger partial charge < -0.3 is 10.0 Å². The van der Waals surface area contributed by atoms with Gasteiger partial charge in [0.15, 0.2) is 0 Å². The zero-order valence-electron chi connectivity index (χ0n) is 15.3. The highest BCUT2D eigenvalue weighted by Gasteiger charge is 2.28. The number of aryl methyl sites for hydroxylation is 1. The van der Waals surface area contributed by atoms with Crippen LogP contribution in [0.2, 0.25) is 10.0 Å². The van der Waals surface area contributed by atoms with Crippen LogP contribution in [0.1, 0.15) is 29.5 Å². The van der Waals surface area contributed by atoms with E-state index in [1.165, 1.54) is 22.3 Å². The van der Waals surface area contributed by atoms with E-state index >= 15 is 0 Å². The van der Waals surface area contributed by atoms with E-state index in [-0.39, 0.29) is 12.4 Å². The van der Waals surface area contributed by atoms with Gasteiger partial charge >= 0.3 is 0 Å². The topological polar surface area (TPSA) is 57.6 Å². The molecule has 0 bridgehead atoms. The van der Waals surface area contributed by atoms with E-state index in [9.17, 15) is 4.79 Å². The molecular weight excluding hydrogens is 397 g/mol. The summed E-state index contributed by atoms with van der Waals surface area (Å²) in [6, 6.07) is 13.9. The summed E-state index contributed by atoms with van der Waals surface area (Å²) in [5, 5.41) is 8.40. The fourth-order valence-corrected chi connectivity index (χ4v) is 4.10. The summed E-state index contributed by atoms with van der Waals surface area (Å²) in [6.45, 7) is 1.30. The van der Waals surface area contributed by atoms with Crippen LogP contribution in [0.5, 0.6) is 0 Å². The molecule has 28 heavy (non-hydrogen) atoms. The highest BCUT2D eigenvalue weighted by Crippen LogP contribution is 2.39. The second-order valence-electron chi connectivity index (χ2n) is 6.86. The van der Waals surface area contributed by atoms with Crippen molar-refractivity contribution in [2.45, 2.75) is 25.7 Å². The van der Waals surface area contributed by atoms with Crippen LogP contribution >= 0.6 is 23.2 Å². The van der Waals surface area contributed by atoms with E-state index in [0.717, 1.165) is 48.0 Å². The van der Waals surface area contributed by atoms with Gasteiger partial charge in [-0.1, -0.05) is 41.4 Å². The van der Waals surface area contributed by atoms with Crippen molar-refractivity contribution in [1.29, 1.82) is 0 Å². The Balaban J connectivity index is 0.000000706. The van der Waals surface area contributed by atoms with Gasteiger partial charge in [-0.25, -0.2) is 0 Å². The first-order valence-corrected chi connectivity index (χ1v) is 9.87. The third-order valence-electron chi connectivity index (χ3n) is 5.13. The van der Waals surface area contributed by atoms with Crippen LogP contribution in [0.4, 0.5) is 0 Å². The quantitative estimate of drug-likeness (QED) is 0.724. The Morgan fingerprint density at radius 1 is 1.11 bits per heavy atom. The molecule has 6 heteroatoms. The highest BCUT2D eigenvalue weighted by molar-refractivity contribution is 6.31. The number of halogens is 2. The average molecular weight is 418 g/mol. The summed E-state index contributed by atoms with van der Waals surface area (Å²) in [5.41, 5.74) is 6.56. The van der Waals surface area contributed by atoms with Crippen molar-refractivity contribution in [3.63, 3.8) is 0 Å². The minimum absolute atomic E-state index is 0.232. The molecule has 0 unspecified atom stereocenters. The van der Waals surface area contributed by atoms with E-state index in [1.54, 1.807) is 0 Å². The first-order valence-electron chi connectivity index (χ1n) is 9.11. The van der Waals surface area contributed by atoms with Crippen molar-refractivity contribution < 1.29 is 14.7 Å². The highest BCUT2D eigenvalue weighted by atomic mass is 35.5. The van der Waals surface area contributed by atoms with Crippen LogP contribution in [-0.4, -0.2) is 35.5 Å². The molecular formula is C22H21Cl2NO3. The number of benzene rings is 2. The molecule has 4 rings (SSSR count). The van der Waals surface area contributed by atoms with Crippen LogP contribution in [0.15, 0.2) is 48.0 Å². The molecule has 0 atom stereocenters. The van der Waals surface area contributed by atoms with Gasteiger partial charge in [-0.15, -0.1) is 0 Å². The SMILES string of the molecule is O=C(CCc1ccc(Cl)cc1)N1CCC2=C(Cc3ccc(Cl)cc32)C1.O=CO. The van der Waals surface area contributed by atoms with Crippen LogP contribution in [0, 0.1) is 0 Å². The second-order valence-corrected chi connectivity index (χ2v) is 7.73. The molecule has 0 radical (unpaired) electrons. The third kappa shape index (κ3) is 4.75. The Morgan fingerprint density at radius 2 is 1.79 bits per heavy atom. The fourth-order valence-electron chi connectivity index (χ4n) is 3.80. The number of amides is 1. The lowest BCUT2D eigenvalue weighted by Gasteiger charge is -2.29. The zero-order valence-corrected chi connectivity index (χ0v) is 16.8. The van der Waals surface area contributed by atoms with E-state index in [0.29, 0.717) is 6.42 Å². The molecule has 1 aliphatic heterocycles. The summed E-state index contributed by atoms with van der Waals surface area (Å²) < 4.78 is 0. The Kier molecular flexibility index (Phi) is 6.76. The van der Waals surface area contributed by atoms with Gasteiger partial charge in [0.2, 0.25) is 5.91 Å². The molecule has 1 heterocycles. The number of rotatable bonds is 3. The van der Waals surface area contributed by atoms with Gasteiger partial charge in [0.25, 0.3) is 6.47 Å². The molecule has 1 amide bonds. The number of carboxylic acid groups (broad SMARTS) is 1. The summed E-state index contributed by atoms with van der Waals surface area (Å²) in [6.07, 6.45) is 3.18. The predicted octanol–water partition coefficient (Wildman–Crippen LogP) is 4.87. The molecule has 0 spiro atoms. The first-order chi connectivity index (χ1) is 13.5. The van der Waals surface area contributed by atoms with Gasteiger partial charge in [0.1, 0.15) is 0 Å². The van der Waals surface area contributed by atoms with Crippen molar-refractivity contribution in [1.82, 2.24) is 4.90 Å². The van der Waals surface area contributed by atoms with Gasteiger partial charge in [-0.05, 0) is 71.4 Å². The average Bonchev–Trinajstić information content (AvgIpc) is 3.05. The normalized spacial score (nSPS) is 14.7. The molecule has 4 nitrogen and oxygen atoms in total. The van der Waals surface area contributed by atoms with Crippen molar-refractivity contribution in [3.05, 3.63) is 74.8 Å². The standard InChI is InChI=1S/C21H19Cl2NO.CH2O2/c22-17-5-1-14(2-6-17)3-8-21(25)24-10-9-19-16(13-24)11-15-4-7-18(23)12-20(15)19;2-1-3/h1-2,4-7,12H,3,8-11,13H2;1H,(H,2,3). The molecule has 0 aromatic heterocycles. The lowest BCUT2D eigenvalue weighted by Crippen LogP contribution is -2.36. The summed E-state index contributed by atoms with van der Waals surface area (Å²) in [7, 11) is 0. The largest absolute Gasteiger partial charge is 0.483 e. The van der Waals surface area contributed by atoms with Crippen LogP contribution in [0.25, 0.3) is 5.57 Å². The molecule has 0 fully saturated rings. The molecule has 2 aromatic rings. The summed E-state index contributed by atoms with van der Waals surface area (Å²) in [5.74, 6) is 0.232. The second kappa shape index (κ2) is 9.26. The molecule has 146 valence electrons. The van der Waals surface area contributed by atoms with Gasteiger partial charge in [-0.2, -0.15) is 0 Å². The van der Waals surface area contributed by atoms with Crippen molar-refractivity contribution in [2.24, 2.45) is 0 Å². The number of nitrogens with zero attached hydrogens (tertiary/aromatic N) is 1. The first kappa shape index (κ1) is 20.4. The lowest BCUT2D eigenvalue weighted by atomic mass is 9.98. The van der Waals surface area contributed by atoms with Crippen LogP contribution < -0.4 is 0 Å². The van der Waals surface area contributed by atoms with Crippen LogP contribution in [0.3, 0.4) is 0 Å². The molecule has 2 aromatic carbocycles. The molecule has 0 saturated carbocycles. The predicted molar refractivity (Wildman–Crippen MR) is 112 cm³/mol. The zero-order chi connectivity index (χ0) is 20.1. The maximum absolute atomic E-state index is 12.6. The van der Waals surface area contributed by atoms with Crippen molar-refractivity contribution in [2.75, 3.05) is 13.1 Å². The van der Waals surface area contributed by atoms with Gasteiger partial charge in [0, 0.05) is 29.6 Å². The number of hydrogen-bond donors (Lipinski definition) is 1. The molecule has 2 aliphatic rings. The van der Waals surface area contributed by atoms with E-state index in [2.05, 4.69) is 12.1 Å². The minimum atomic E-state index is -0.250. The number of fused-ring (bicyclic) bond motifs is 2. The number of carbonyl (C=O) groups excluding carboxylic acids is 1. The smallest absolute Gasteiger partial charge is 0.290 e. The third-order valence-corrected chi connectivity index (χ3v) is 5.62. The maximum atomic E-state index is 12.6. The monoisotopic (exact) mass is 417 g/mol. The summed E-state index contributed by atoms with van der Waals surface area (Å²) >= 11 is 12.1. The van der Waals surface area contributed by atoms with E-state index in [1.807, 2.05) is 35.2 Å². The lowest BCUT2D eigenvalue weighted by molar-refractivity contribution is -0.131. The Bertz CT molecular complexity index is 906. The maximum Gasteiger partial charge on any atom is 0.290 e. The molecule has 1 aliphatic carbocycles. The minimum Gasteiger partial charge on any atom is -0.483 e. The molecule has 1 N–H and O–H groups in total. The Morgan fingerprint density at radius 3 is 2.50 bits per heavy atom. The van der Waals surface area contributed by atoms with Crippen molar-refractivity contribution in [3.8, 4) is 0 Å². The molecule has 0 saturated heterocycles. The van der Waals surface area contributed by atoms with E-state index in [4.69, 9.17) is 33.1 Å². The Labute approximate surface area is 174 Å². The van der Waals surface area contributed by atoms with Crippen molar-refractivity contribution >= 4 is 41.2 Å². The fraction of sp³-hybridized carbons (Fsp3) is 0.273. The summed E-state index contributed by atoms with van der Waals surface area (Å²) in [4.78, 5) is 23.0. The Hall–Kier alpha value is -2.30. The number of carbonyl (C=O) groups is 2. The van der Waals surface area contributed by atoms with Gasteiger partial charge in [-0.3, -0.25) is 9.59 Å². The van der Waals surface area contributed by atoms with Gasteiger partial charge in [0.05, 0.1) is 0 Å². The number of hydrogen-bond acceptors (Lipinski definition) is 2. The van der Waals surface area contributed by atoms with Crippen LogP contribution in [-0.2, 0) is 22.4 Å². The van der Waals surface area contributed by atoms with E-state index < -0.39 is 0 Å².